The molecule has 3 atom stereocenters. The Morgan fingerprint density at radius 1 is 1.21 bits per heavy atom. The van der Waals surface area contributed by atoms with Crippen molar-refractivity contribution >= 4 is 0 Å². The molecule has 0 bridgehead atoms. The van der Waals surface area contributed by atoms with Crippen LogP contribution in [0.25, 0.3) is 0 Å². The largest absolute Gasteiger partial charge is 0.323 e. The fraction of sp³-hybridized carbons (Fsp3) is 0.647. The molecule has 0 radical (unpaired) electrons. The van der Waals surface area contributed by atoms with Crippen molar-refractivity contribution in [2.75, 3.05) is 13.1 Å². The average Bonchev–Trinajstić information content (AvgIpc) is 2.83. The van der Waals surface area contributed by atoms with Gasteiger partial charge in [0, 0.05) is 18.6 Å². The zero-order valence-corrected chi connectivity index (χ0v) is 12.0. The molecule has 0 spiro atoms. The van der Waals surface area contributed by atoms with Crippen LogP contribution in [0.2, 0.25) is 0 Å². The number of rotatable bonds is 3. The van der Waals surface area contributed by atoms with E-state index in [1.54, 1.807) is 0 Å². The van der Waals surface area contributed by atoms with Crippen LogP contribution >= 0.6 is 0 Å². The summed E-state index contributed by atoms with van der Waals surface area (Å²) in [7, 11) is 0. The summed E-state index contributed by atoms with van der Waals surface area (Å²) in [5.74, 6) is 0.956. The number of nitrogens with two attached hydrogens (primary N) is 1. The molecule has 104 valence electrons. The van der Waals surface area contributed by atoms with Gasteiger partial charge in [-0.15, -0.1) is 0 Å². The van der Waals surface area contributed by atoms with E-state index in [1.165, 1.54) is 49.8 Å². The van der Waals surface area contributed by atoms with E-state index in [4.69, 9.17) is 5.73 Å². The van der Waals surface area contributed by atoms with Gasteiger partial charge in [0.05, 0.1) is 0 Å². The molecular weight excluding hydrogens is 232 g/mol. The van der Waals surface area contributed by atoms with Crippen LogP contribution in [-0.4, -0.2) is 24.0 Å². The summed E-state index contributed by atoms with van der Waals surface area (Å²) in [4.78, 5) is 2.67. The van der Waals surface area contributed by atoms with Gasteiger partial charge in [-0.1, -0.05) is 37.1 Å². The molecule has 2 aliphatic rings. The molecule has 2 fully saturated rings. The number of hydrogen-bond acceptors (Lipinski definition) is 2. The lowest BCUT2D eigenvalue weighted by Crippen LogP contribution is -2.39. The first kappa shape index (κ1) is 13.1. The summed E-state index contributed by atoms with van der Waals surface area (Å²) in [6.07, 6.45) is 7.09. The highest BCUT2D eigenvalue weighted by Gasteiger charge is 2.36. The maximum Gasteiger partial charge on any atom is 0.0427 e. The molecule has 1 saturated carbocycles. The highest BCUT2D eigenvalue weighted by atomic mass is 15.2. The van der Waals surface area contributed by atoms with Gasteiger partial charge in [0.2, 0.25) is 0 Å². The minimum Gasteiger partial charge on any atom is -0.323 e. The van der Waals surface area contributed by atoms with Crippen LogP contribution in [0, 0.1) is 12.8 Å². The number of fused-ring (bicyclic) bond motifs is 1. The second-order valence-corrected chi connectivity index (χ2v) is 6.36. The van der Waals surface area contributed by atoms with Crippen molar-refractivity contribution < 1.29 is 0 Å². The Morgan fingerprint density at radius 3 is 2.84 bits per heavy atom. The lowest BCUT2D eigenvalue weighted by atomic mass is 9.85. The van der Waals surface area contributed by atoms with Crippen molar-refractivity contribution in [3.05, 3.63) is 35.4 Å². The van der Waals surface area contributed by atoms with Crippen LogP contribution in [0.4, 0.5) is 0 Å². The molecule has 2 heteroatoms. The quantitative estimate of drug-likeness (QED) is 0.901. The van der Waals surface area contributed by atoms with Gasteiger partial charge in [0.15, 0.2) is 0 Å². The van der Waals surface area contributed by atoms with Crippen LogP contribution < -0.4 is 5.73 Å². The van der Waals surface area contributed by atoms with Crippen molar-refractivity contribution in [2.45, 2.75) is 51.1 Å². The van der Waals surface area contributed by atoms with E-state index in [0.29, 0.717) is 0 Å². The van der Waals surface area contributed by atoms with Crippen molar-refractivity contribution in [3.8, 4) is 0 Å². The van der Waals surface area contributed by atoms with Crippen molar-refractivity contribution in [2.24, 2.45) is 11.7 Å². The van der Waals surface area contributed by atoms with E-state index >= 15 is 0 Å². The van der Waals surface area contributed by atoms with Gasteiger partial charge in [0.1, 0.15) is 0 Å². The maximum absolute atomic E-state index is 6.46. The molecule has 1 saturated heterocycles. The maximum atomic E-state index is 6.46. The summed E-state index contributed by atoms with van der Waals surface area (Å²) in [5.41, 5.74) is 9.11. The van der Waals surface area contributed by atoms with Gasteiger partial charge in [0.25, 0.3) is 0 Å². The molecule has 1 aliphatic carbocycles. The van der Waals surface area contributed by atoms with Crippen LogP contribution in [0.3, 0.4) is 0 Å². The van der Waals surface area contributed by atoms with Crippen molar-refractivity contribution in [1.82, 2.24) is 4.90 Å². The Kier molecular flexibility index (Phi) is 3.90. The summed E-state index contributed by atoms with van der Waals surface area (Å²) in [6.45, 7) is 4.46. The lowest BCUT2D eigenvalue weighted by Gasteiger charge is -2.33. The standard InChI is InChI=1S/C17H26N2/c1-13-6-2-4-8-15(13)16(18)12-19-11-10-14-7-3-5-9-17(14)19/h2,4,6,8,14,16-17H,3,5,7,9-12,18H2,1H3. The molecule has 2 nitrogen and oxygen atoms in total. The first-order valence-corrected chi connectivity index (χ1v) is 7.81. The van der Waals surface area contributed by atoms with E-state index in [1.807, 2.05) is 0 Å². The van der Waals surface area contributed by atoms with Crippen LogP contribution in [0.5, 0.6) is 0 Å². The third kappa shape index (κ3) is 2.70. The molecule has 0 aromatic heterocycles. The molecule has 19 heavy (non-hydrogen) atoms. The summed E-state index contributed by atoms with van der Waals surface area (Å²) < 4.78 is 0. The van der Waals surface area contributed by atoms with E-state index in [2.05, 4.69) is 36.1 Å². The fourth-order valence-electron chi connectivity index (χ4n) is 4.08. The van der Waals surface area contributed by atoms with Crippen molar-refractivity contribution in [3.63, 3.8) is 0 Å². The zero-order valence-electron chi connectivity index (χ0n) is 12.0. The highest BCUT2D eigenvalue weighted by Crippen LogP contribution is 2.36. The van der Waals surface area contributed by atoms with E-state index in [-0.39, 0.29) is 6.04 Å². The Morgan fingerprint density at radius 2 is 2.00 bits per heavy atom. The minimum absolute atomic E-state index is 0.168. The smallest absolute Gasteiger partial charge is 0.0427 e. The van der Waals surface area contributed by atoms with Crippen LogP contribution in [-0.2, 0) is 0 Å². The molecule has 1 heterocycles. The molecule has 1 aromatic carbocycles. The summed E-state index contributed by atoms with van der Waals surface area (Å²) in [5, 5.41) is 0. The molecule has 1 aliphatic heterocycles. The van der Waals surface area contributed by atoms with Gasteiger partial charge < -0.3 is 5.73 Å². The predicted octanol–water partition coefficient (Wildman–Crippen LogP) is 3.26. The van der Waals surface area contributed by atoms with Gasteiger partial charge in [-0.2, -0.15) is 0 Å². The van der Waals surface area contributed by atoms with Crippen LogP contribution in [0.15, 0.2) is 24.3 Å². The Labute approximate surface area is 117 Å². The van der Waals surface area contributed by atoms with Gasteiger partial charge in [-0.05, 0) is 49.8 Å². The number of aryl methyl sites for hydroxylation is 1. The molecule has 2 N–H and O–H groups in total. The van der Waals surface area contributed by atoms with Crippen molar-refractivity contribution in [1.29, 1.82) is 0 Å². The molecular formula is C17H26N2. The fourth-order valence-corrected chi connectivity index (χ4v) is 4.08. The number of benzene rings is 1. The number of likely N-dealkylation sites (tertiary alicyclic amines) is 1. The minimum atomic E-state index is 0.168. The van der Waals surface area contributed by atoms with E-state index < -0.39 is 0 Å². The SMILES string of the molecule is Cc1ccccc1C(N)CN1CCC2CCCCC21. The van der Waals surface area contributed by atoms with Gasteiger partial charge in [-0.3, -0.25) is 4.90 Å². The first-order chi connectivity index (χ1) is 9.25. The Bertz CT molecular complexity index is 429. The molecule has 0 amide bonds. The highest BCUT2D eigenvalue weighted by molar-refractivity contribution is 5.28. The van der Waals surface area contributed by atoms with Gasteiger partial charge in [-0.25, -0.2) is 0 Å². The number of nitrogens with zero attached hydrogens (tertiary/aromatic N) is 1. The Hall–Kier alpha value is -0.860. The molecule has 3 unspecified atom stereocenters. The predicted molar refractivity (Wildman–Crippen MR) is 80.0 cm³/mol. The summed E-state index contributed by atoms with van der Waals surface area (Å²) >= 11 is 0. The Balaban J connectivity index is 1.67. The molecule has 3 rings (SSSR count). The summed E-state index contributed by atoms with van der Waals surface area (Å²) in [6, 6.07) is 9.55. The lowest BCUT2D eigenvalue weighted by molar-refractivity contribution is 0.174. The van der Waals surface area contributed by atoms with E-state index in [9.17, 15) is 0 Å². The monoisotopic (exact) mass is 258 g/mol. The second-order valence-electron chi connectivity index (χ2n) is 6.36. The van der Waals surface area contributed by atoms with Gasteiger partial charge >= 0.3 is 0 Å². The molecule has 1 aromatic rings. The topological polar surface area (TPSA) is 29.3 Å². The third-order valence-electron chi connectivity index (χ3n) is 5.14. The zero-order chi connectivity index (χ0) is 13.2. The average molecular weight is 258 g/mol. The van der Waals surface area contributed by atoms with Crippen LogP contribution in [0.1, 0.15) is 49.3 Å². The third-order valence-corrected chi connectivity index (χ3v) is 5.14. The first-order valence-electron chi connectivity index (χ1n) is 7.81. The second kappa shape index (κ2) is 5.64. The number of hydrogen-bond donors (Lipinski definition) is 1. The normalized spacial score (nSPS) is 29.2. The van der Waals surface area contributed by atoms with E-state index in [0.717, 1.165) is 18.5 Å².